The molecule has 1 spiro atoms. The number of anilines is 2. The summed E-state index contributed by atoms with van der Waals surface area (Å²) < 4.78 is 28.1. The smallest absolute Gasteiger partial charge is 0.256 e. The van der Waals surface area contributed by atoms with Gasteiger partial charge in [-0.1, -0.05) is 6.08 Å². The monoisotopic (exact) mass is 548 g/mol. The Bertz CT molecular complexity index is 1530. The molecule has 1 unspecified atom stereocenters. The highest BCUT2D eigenvalue weighted by Crippen LogP contribution is 2.56. The fourth-order valence-electron chi connectivity index (χ4n) is 6.96. The number of rotatable bonds is 6. The topological polar surface area (TPSA) is 101 Å². The lowest BCUT2D eigenvalue weighted by molar-refractivity contribution is -0.143. The number of hydrogen-bond donors (Lipinski definition) is 2. The Morgan fingerprint density at radius 2 is 1.93 bits per heavy atom. The molecule has 3 aliphatic carbocycles. The highest BCUT2D eigenvalue weighted by Gasteiger charge is 2.47. The van der Waals surface area contributed by atoms with Crippen LogP contribution in [0.2, 0.25) is 0 Å². The van der Waals surface area contributed by atoms with Gasteiger partial charge in [0.2, 0.25) is 11.9 Å². The zero-order valence-corrected chi connectivity index (χ0v) is 23.0. The molecule has 210 valence electrons. The molecule has 4 heterocycles. The summed E-state index contributed by atoms with van der Waals surface area (Å²) in [7, 11) is 1.86. The van der Waals surface area contributed by atoms with Crippen LogP contribution < -0.4 is 10.6 Å². The van der Waals surface area contributed by atoms with Crippen molar-refractivity contribution >= 4 is 34.4 Å². The van der Waals surface area contributed by atoms with Crippen LogP contribution in [0, 0.1) is 18.3 Å². The highest BCUT2D eigenvalue weighted by atomic mass is 19.3. The number of amides is 1. The third-order valence-electron chi connectivity index (χ3n) is 9.27. The molecule has 3 aromatic heterocycles. The Kier molecular flexibility index (Phi) is 5.83. The Morgan fingerprint density at radius 1 is 1.15 bits per heavy atom. The van der Waals surface area contributed by atoms with Gasteiger partial charge in [-0.05, 0) is 57.1 Å². The molecule has 3 aromatic rings. The Balaban J connectivity index is 1.16. The second-order valence-corrected chi connectivity index (χ2v) is 12.0. The predicted octanol–water partition coefficient (Wildman–Crippen LogP) is 4.59. The maximum absolute atomic E-state index is 13.3. The maximum Gasteiger partial charge on any atom is 0.256 e. The molecule has 2 saturated carbocycles. The van der Waals surface area contributed by atoms with Gasteiger partial charge in [-0.2, -0.15) is 4.98 Å². The lowest BCUT2D eigenvalue weighted by Gasteiger charge is -2.53. The summed E-state index contributed by atoms with van der Waals surface area (Å²) in [5.74, 6) is 2.82. The second kappa shape index (κ2) is 9.21. The Morgan fingerprint density at radius 3 is 2.62 bits per heavy atom. The Hall–Kier alpha value is -3.63. The molecule has 3 fully saturated rings. The van der Waals surface area contributed by atoms with Gasteiger partial charge in [-0.25, -0.2) is 23.7 Å². The fourth-order valence-corrected chi connectivity index (χ4v) is 6.96. The number of carbonyl (C=O) groups excluding carboxylic acids is 1. The molecule has 1 amide bonds. The van der Waals surface area contributed by atoms with Gasteiger partial charge >= 0.3 is 0 Å². The molecule has 7 rings (SSSR count). The Labute approximate surface area is 231 Å². The molecular formula is C29H34F2N8O. The molecule has 9 nitrogen and oxygen atoms in total. The molecule has 2 atom stereocenters. The van der Waals surface area contributed by atoms with Crippen LogP contribution in [0.1, 0.15) is 67.7 Å². The van der Waals surface area contributed by atoms with E-state index in [0.717, 1.165) is 67.8 Å². The van der Waals surface area contributed by atoms with Gasteiger partial charge in [-0.3, -0.25) is 4.79 Å². The van der Waals surface area contributed by atoms with E-state index in [1.807, 2.05) is 24.1 Å². The quantitative estimate of drug-likeness (QED) is 0.465. The van der Waals surface area contributed by atoms with Crippen LogP contribution >= 0.6 is 0 Å². The summed E-state index contributed by atoms with van der Waals surface area (Å²) in [6.07, 6.45) is 5.05. The first-order valence-corrected chi connectivity index (χ1v) is 14.2. The summed E-state index contributed by atoms with van der Waals surface area (Å²) in [4.78, 5) is 32.8. The van der Waals surface area contributed by atoms with E-state index < -0.39 is 13.0 Å². The van der Waals surface area contributed by atoms with Gasteiger partial charge < -0.3 is 20.1 Å². The standard InChI is InChI=1S/C29H34F2N8O/c1-15-33-22-5-4-21(35-27(22)39(15)12-23(30)31)20-11-17-10-19(17)25-24(20)26(32-3)37-28(36-25)34-18-6-8-29(9-7-18)13-38(14-29)16(2)40/h4-5,11,17-19,23H,6-10,12-14H2,1-3H3,(H2,32,34,36,37)/t17-,19?/m0/s1. The van der Waals surface area contributed by atoms with Crippen molar-refractivity contribution in [1.29, 1.82) is 0 Å². The number of fused-ring (bicyclic) bond motifs is 4. The molecule has 0 bridgehead atoms. The molecule has 0 radical (unpaired) electrons. The number of hydrogen-bond acceptors (Lipinski definition) is 7. The minimum Gasteiger partial charge on any atom is -0.372 e. The van der Waals surface area contributed by atoms with Crippen molar-refractivity contribution in [3.63, 3.8) is 0 Å². The van der Waals surface area contributed by atoms with E-state index in [1.54, 1.807) is 13.8 Å². The molecule has 1 saturated heterocycles. The van der Waals surface area contributed by atoms with Crippen molar-refractivity contribution in [2.24, 2.45) is 11.3 Å². The molecule has 4 aliphatic rings. The number of pyridine rings is 1. The zero-order chi connectivity index (χ0) is 27.8. The molecule has 11 heteroatoms. The first-order valence-electron chi connectivity index (χ1n) is 14.2. The van der Waals surface area contributed by atoms with Gasteiger partial charge in [0.15, 0.2) is 5.65 Å². The summed E-state index contributed by atoms with van der Waals surface area (Å²) in [6.45, 7) is 4.71. The first-order chi connectivity index (χ1) is 19.2. The van der Waals surface area contributed by atoms with Gasteiger partial charge in [0, 0.05) is 55.6 Å². The van der Waals surface area contributed by atoms with E-state index in [4.69, 9.17) is 15.0 Å². The number of aryl methyl sites for hydroxylation is 1. The van der Waals surface area contributed by atoms with E-state index in [0.29, 0.717) is 46.5 Å². The molecule has 40 heavy (non-hydrogen) atoms. The normalized spacial score (nSPS) is 23.1. The zero-order valence-electron chi connectivity index (χ0n) is 23.0. The number of allylic oxidation sites excluding steroid dienone is 1. The molecule has 1 aliphatic heterocycles. The summed E-state index contributed by atoms with van der Waals surface area (Å²) in [6, 6.07) is 4.07. The lowest BCUT2D eigenvalue weighted by atomic mass is 9.67. The number of likely N-dealkylation sites (tertiary alicyclic amines) is 1. The van der Waals surface area contributed by atoms with Crippen LogP contribution in [-0.2, 0) is 11.3 Å². The first kappa shape index (κ1) is 25.3. The predicted molar refractivity (Wildman–Crippen MR) is 148 cm³/mol. The van der Waals surface area contributed by atoms with Crippen LogP contribution in [0.4, 0.5) is 20.5 Å². The number of nitrogens with one attached hydrogen (secondary N) is 2. The van der Waals surface area contributed by atoms with Gasteiger partial charge in [0.25, 0.3) is 6.43 Å². The number of halogens is 2. The average Bonchev–Trinajstić information content (AvgIpc) is 3.64. The van der Waals surface area contributed by atoms with Crippen LogP contribution in [0.3, 0.4) is 0 Å². The minimum absolute atomic E-state index is 0.170. The van der Waals surface area contributed by atoms with E-state index in [-0.39, 0.29) is 11.3 Å². The van der Waals surface area contributed by atoms with Gasteiger partial charge in [-0.15, -0.1) is 0 Å². The third kappa shape index (κ3) is 4.21. The van der Waals surface area contributed by atoms with Crippen LogP contribution in [0.15, 0.2) is 18.2 Å². The van der Waals surface area contributed by atoms with Crippen molar-refractivity contribution < 1.29 is 13.6 Å². The SMILES string of the molecule is CNc1nc(NC2CCC3(CC2)CN(C(C)=O)C3)nc2c1C(c1ccc3nc(C)n(CC(F)F)c3n1)=C[C@@H]1CC21. The van der Waals surface area contributed by atoms with Gasteiger partial charge in [0.1, 0.15) is 17.2 Å². The van der Waals surface area contributed by atoms with Crippen molar-refractivity contribution in [2.45, 2.75) is 70.9 Å². The summed E-state index contributed by atoms with van der Waals surface area (Å²) >= 11 is 0. The van der Waals surface area contributed by atoms with Gasteiger partial charge in [0.05, 0.1) is 17.9 Å². The lowest BCUT2D eigenvalue weighted by Crippen LogP contribution is -2.59. The molecule has 0 aromatic carbocycles. The minimum atomic E-state index is -2.49. The molecule has 2 N–H and O–H groups in total. The second-order valence-electron chi connectivity index (χ2n) is 12.0. The fraction of sp³-hybridized carbons (Fsp3) is 0.552. The summed E-state index contributed by atoms with van der Waals surface area (Å²) in [5, 5.41) is 6.89. The largest absolute Gasteiger partial charge is 0.372 e. The number of alkyl halides is 2. The highest BCUT2D eigenvalue weighted by molar-refractivity contribution is 5.89. The third-order valence-corrected chi connectivity index (χ3v) is 9.27. The van der Waals surface area contributed by atoms with Crippen molar-refractivity contribution in [1.82, 2.24) is 29.4 Å². The number of imidazole rings is 1. The molecular weight excluding hydrogens is 514 g/mol. The number of carbonyl (C=O) groups is 1. The maximum atomic E-state index is 13.3. The number of aromatic nitrogens is 5. The van der Waals surface area contributed by atoms with Crippen LogP contribution in [0.5, 0.6) is 0 Å². The van der Waals surface area contributed by atoms with Crippen molar-refractivity contribution in [3.8, 4) is 0 Å². The van der Waals surface area contributed by atoms with Crippen LogP contribution in [-0.4, -0.2) is 67.9 Å². The summed E-state index contributed by atoms with van der Waals surface area (Å²) in [5.41, 5.74) is 4.98. The van der Waals surface area contributed by atoms with E-state index in [9.17, 15) is 13.6 Å². The van der Waals surface area contributed by atoms with E-state index >= 15 is 0 Å². The van der Waals surface area contributed by atoms with E-state index in [2.05, 4.69) is 21.7 Å². The van der Waals surface area contributed by atoms with E-state index in [1.165, 1.54) is 4.57 Å². The van der Waals surface area contributed by atoms with Crippen molar-refractivity contribution in [2.75, 3.05) is 30.8 Å². The average molecular weight is 549 g/mol. The number of nitrogens with zero attached hydrogens (tertiary/aromatic N) is 6. The van der Waals surface area contributed by atoms with Crippen LogP contribution in [0.25, 0.3) is 16.7 Å². The van der Waals surface area contributed by atoms with Crippen molar-refractivity contribution in [3.05, 3.63) is 41.0 Å².